The number of benzene rings is 1. The molecule has 0 radical (unpaired) electrons. The fourth-order valence-electron chi connectivity index (χ4n) is 2.45. The first kappa shape index (κ1) is 16.5. The monoisotopic (exact) mass is 384 g/mol. The predicted octanol–water partition coefficient (Wildman–Crippen LogP) is 3.44. The Balaban J connectivity index is 1.85. The molecule has 8 nitrogen and oxygen atoms in total. The predicted molar refractivity (Wildman–Crippen MR) is 101 cm³/mol. The van der Waals surface area contributed by atoms with Gasteiger partial charge in [0, 0.05) is 23.2 Å². The van der Waals surface area contributed by atoms with Crippen molar-refractivity contribution in [1.29, 1.82) is 0 Å². The van der Waals surface area contributed by atoms with Crippen molar-refractivity contribution in [2.75, 3.05) is 11.6 Å². The maximum Gasteiger partial charge on any atom is 0.341 e. The summed E-state index contributed by atoms with van der Waals surface area (Å²) in [5, 5.41) is 20.9. The van der Waals surface area contributed by atoms with Gasteiger partial charge in [0.15, 0.2) is 16.8 Å². The fourth-order valence-corrected chi connectivity index (χ4v) is 3.40. The number of nitrogens with zero attached hydrogens (tertiary/aromatic N) is 5. The molecule has 4 aromatic rings. The molecule has 0 bridgehead atoms. The van der Waals surface area contributed by atoms with Crippen molar-refractivity contribution in [3.63, 3.8) is 0 Å². The van der Waals surface area contributed by atoms with Crippen LogP contribution in [0.15, 0.2) is 47.2 Å². The number of carboxylic acid groups (broad SMARTS) is 1. The van der Waals surface area contributed by atoms with Gasteiger partial charge in [-0.05, 0) is 18.4 Å². The SMILES string of the molecule is CSc1ncc(C(=O)O)c(Nc2nn(-c3nccs3)c3ccccc23)n1. The third-order valence-electron chi connectivity index (χ3n) is 3.60. The van der Waals surface area contributed by atoms with Gasteiger partial charge in [-0.1, -0.05) is 23.9 Å². The number of rotatable bonds is 5. The molecule has 26 heavy (non-hydrogen) atoms. The number of nitrogens with one attached hydrogen (secondary N) is 1. The van der Waals surface area contributed by atoms with Crippen molar-refractivity contribution in [3.8, 4) is 5.13 Å². The number of aromatic carboxylic acids is 1. The lowest BCUT2D eigenvalue weighted by Crippen LogP contribution is -2.07. The van der Waals surface area contributed by atoms with Gasteiger partial charge in [-0.3, -0.25) is 0 Å². The van der Waals surface area contributed by atoms with Crippen LogP contribution in [-0.4, -0.2) is 42.1 Å². The molecule has 0 amide bonds. The molecule has 10 heteroatoms. The summed E-state index contributed by atoms with van der Waals surface area (Å²) in [4.78, 5) is 24.1. The molecule has 0 aliphatic carbocycles. The van der Waals surface area contributed by atoms with Crippen LogP contribution in [-0.2, 0) is 0 Å². The number of aromatic nitrogens is 5. The molecule has 130 valence electrons. The van der Waals surface area contributed by atoms with Crippen LogP contribution in [0, 0.1) is 0 Å². The summed E-state index contributed by atoms with van der Waals surface area (Å²) in [7, 11) is 0. The van der Waals surface area contributed by atoms with Crippen LogP contribution in [0.3, 0.4) is 0 Å². The molecule has 0 aliphatic rings. The highest BCUT2D eigenvalue weighted by Crippen LogP contribution is 2.29. The number of hydrogen-bond acceptors (Lipinski definition) is 8. The molecule has 0 unspecified atom stereocenters. The maximum atomic E-state index is 11.5. The fraction of sp³-hybridized carbons (Fsp3) is 0.0625. The van der Waals surface area contributed by atoms with Gasteiger partial charge in [-0.25, -0.2) is 24.4 Å². The Bertz CT molecular complexity index is 1090. The number of anilines is 2. The first-order valence-corrected chi connectivity index (χ1v) is 9.57. The number of para-hydroxylation sites is 1. The van der Waals surface area contributed by atoms with E-state index in [-0.39, 0.29) is 11.4 Å². The highest BCUT2D eigenvalue weighted by molar-refractivity contribution is 7.98. The third kappa shape index (κ3) is 2.89. The molecule has 0 aliphatic heterocycles. The van der Waals surface area contributed by atoms with E-state index in [1.807, 2.05) is 35.9 Å². The van der Waals surface area contributed by atoms with E-state index >= 15 is 0 Å². The number of carboxylic acids is 1. The van der Waals surface area contributed by atoms with Crippen LogP contribution < -0.4 is 5.32 Å². The van der Waals surface area contributed by atoms with Gasteiger partial charge in [-0.15, -0.1) is 16.4 Å². The minimum absolute atomic E-state index is 0.0179. The molecule has 0 saturated heterocycles. The highest BCUT2D eigenvalue weighted by atomic mass is 32.2. The van der Waals surface area contributed by atoms with Crippen LogP contribution in [0.1, 0.15) is 10.4 Å². The van der Waals surface area contributed by atoms with Crippen molar-refractivity contribution in [1.82, 2.24) is 24.7 Å². The van der Waals surface area contributed by atoms with E-state index in [0.717, 1.165) is 16.0 Å². The maximum absolute atomic E-state index is 11.5. The van der Waals surface area contributed by atoms with Crippen molar-refractivity contribution >= 4 is 51.6 Å². The second kappa shape index (κ2) is 6.73. The second-order valence-electron chi connectivity index (χ2n) is 5.14. The summed E-state index contributed by atoms with van der Waals surface area (Å²) in [6.07, 6.45) is 4.83. The quantitative estimate of drug-likeness (QED) is 0.398. The molecule has 4 rings (SSSR count). The Morgan fingerprint density at radius 1 is 1.27 bits per heavy atom. The molecule has 2 N–H and O–H groups in total. The van der Waals surface area contributed by atoms with Gasteiger partial charge in [0.25, 0.3) is 0 Å². The average molecular weight is 384 g/mol. The Morgan fingerprint density at radius 3 is 2.85 bits per heavy atom. The Morgan fingerprint density at radius 2 is 2.12 bits per heavy atom. The Labute approximate surface area is 155 Å². The summed E-state index contributed by atoms with van der Waals surface area (Å²) in [6, 6.07) is 7.65. The molecular formula is C16H12N6O2S2. The van der Waals surface area contributed by atoms with Crippen LogP contribution in [0.5, 0.6) is 0 Å². The van der Waals surface area contributed by atoms with Crippen molar-refractivity contribution < 1.29 is 9.90 Å². The van der Waals surface area contributed by atoms with E-state index in [1.54, 1.807) is 10.9 Å². The number of thiazole rings is 1. The lowest BCUT2D eigenvalue weighted by molar-refractivity contribution is 0.0697. The van der Waals surface area contributed by atoms with Gasteiger partial charge < -0.3 is 10.4 Å². The zero-order valence-corrected chi connectivity index (χ0v) is 15.1. The smallest absolute Gasteiger partial charge is 0.341 e. The van der Waals surface area contributed by atoms with E-state index in [9.17, 15) is 9.90 Å². The van der Waals surface area contributed by atoms with Crippen LogP contribution >= 0.6 is 23.1 Å². The minimum atomic E-state index is -1.11. The second-order valence-corrected chi connectivity index (χ2v) is 6.79. The normalized spacial score (nSPS) is 11.0. The zero-order chi connectivity index (χ0) is 18.1. The highest BCUT2D eigenvalue weighted by Gasteiger charge is 2.18. The average Bonchev–Trinajstić information content (AvgIpc) is 3.30. The molecule has 0 atom stereocenters. The van der Waals surface area contributed by atoms with E-state index in [1.165, 1.54) is 29.3 Å². The van der Waals surface area contributed by atoms with Crippen molar-refractivity contribution in [2.24, 2.45) is 0 Å². The van der Waals surface area contributed by atoms with E-state index < -0.39 is 5.97 Å². The van der Waals surface area contributed by atoms with Crippen LogP contribution in [0.2, 0.25) is 0 Å². The first-order chi connectivity index (χ1) is 12.7. The molecule has 3 aromatic heterocycles. The summed E-state index contributed by atoms with van der Waals surface area (Å²) in [5.41, 5.74) is 0.844. The van der Waals surface area contributed by atoms with E-state index in [0.29, 0.717) is 11.0 Å². The van der Waals surface area contributed by atoms with Crippen LogP contribution in [0.4, 0.5) is 11.6 Å². The summed E-state index contributed by atoms with van der Waals surface area (Å²) >= 11 is 2.79. The Kier molecular flexibility index (Phi) is 4.27. The number of fused-ring (bicyclic) bond motifs is 1. The lowest BCUT2D eigenvalue weighted by Gasteiger charge is -2.07. The minimum Gasteiger partial charge on any atom is -0.477 e. The lowest BCUT2D eigenvalue weighted by atomic mass is 10.2. The molecule has 0 fully saturated rings. The van der Waals surface area contributed by atoms with Gasteiger partial charge in [0.1, 0.15) is 5.56 Å². The summed E-state index contributed by atoms with van der Waals surface area (Å²) in [6.45, 7) is 0. The van der Waals surface area contributed by atoms with Gasteiger partial charge in [0.05, 0.1) is 5.52 Å². The van der Waals surface area contributed by atoms with E-state index in [2.05, 4.69) is 25.4 Å². The molecule has 3 heterocycles. The molecule has 1 aromatic carbocycles. The third-order valence-corrected chi connectivity index (χ3v) is 4.91. The van der Waals surface area contributed by atoms with E-state index in [4.69, 9.17) is 0 Å². The first-order valence-electron chi connectivity index (χ1n) is 7.46. The van der Waals surface area contributed by atoms with Gasteiger partial charge in [0.2, 0.25) is 5.13 Å². The number of thioether (sulfide) groups is 1. The zero-order valence-electron chi connectivity index (χ0n) is 13.4. The van der Waals surface area contributed by atoms with Crippen molar-refractivity contribution in [3.05, 3.63) is 47.6 Å². The summed E-state index contributed by atoms with van der Waals surface area (Å²) < 4.78 is 1.72. The van der Waals surface area contributed by atoms with Crippen molar-refractivity contribution in [2.45, 2.75) is 5.16 Å². The Hall–Kier alpha value is -2.98. The van der Waals surface area contributed by atoms with Gasteiger partial charge >= 0.3 is 5.97 Å². The number of hydrogen-bond donors (Lipinski definition) is 2. The molecular weight excluding hydrogens is 372 g/mol. The van der Waals surface area contributed by atoms with Crippen LogP contribution in [0.25, 0.3) is 16.0 Å². The number of carbonyl (C=O) groups is 1. The molecule has 0 spiro atoms. The summed E-state index contributed by atoms with van der Waals surface area (Å²) in [5.74, 6) is -0.403. The standard InChI is InChI=1S/C16H12N6O2S2/c1-25-15-18-8-10(14(23)24)12(20-15)19-13-9-4-2-3-5-11(9)22(21-13)16-17-6-7-26-16/h2-8H,1H3,(H,23,24)(H,18,19,20,21). The largest absolute Gasteiger partial charge is 0.477 e. The van der Waals surface area contributed by atoms with Gasteiger partial charge in [-0.2, -0.15) is 0 Å². The molecule has 0 saturated carbocycles. The topological polar surface area (TPSA) is 106 Å².